The maximum Gasteiger partial charge on any atom is 0.316 e. The molecule has 4 heterocycles. The number of carbonyl (C=O) groups is 1. The van der Waals surface area contributed by atoms with E-state index >= 15 is 0 Å². The van der Waals surface area contributed by atoms with E-state index < -0.39 is 0 Å². The van der Waals surface area contributed by atoms with Gasteiger partial charge in [-0.25, -0.2) is 24.9 Å². The number of aromatic nitrogens is 5. The molecular weight excluding hydrogens is 372 g/mol. The molecule has 148 valence electrons. The highest BCUT2D eigenvalue weighted by molar-refractivity contribution is 5.91. The molecule has 1 fully saturated rings. The van der Waals surface area contributed by atoms with E-state index in [1.54, 1.807) is 37.1 Å². The van der Waals surface area contributed by atoms with Crippen molar-refractivity contribution in [1.82, 2.24) is 24.9 Å². The van der Waals surface area contributed by atoms with Crippen LogP contribution in [0, 0.1) is 0 Å². The third-order valence-electron chi connectivity index (χ3n) is 4.33. The number of ether oxygens (including phenoxy) is 1. The summed E-state index contributed by atoms with van der Waals surface area (Å²) in [6.07, 6.45) is 8.07. The van der Waals surface area contributed by atoms with E-state index in [1.165, 1.54) is 0 Å². The zero-order chi connectivity index (χ0) is 19.9. The standard InChI is InChI=1S/C19H20N8O2/c28-17(14-29-19-21-6-3-7-22-19)25-15-12-23-18(24-13-15)27-10-8-26(9-11-27)16-4-1-2-5-20-16/h1-7,12-13H,8-11,14H2,(H,25,28). The van der Waals surface area contributed by atoms with Gasteiger partial charge in [-0.2, -0.15) is 0 Å². The molecule has 10 heteroatoms. The molecule has 3 aromatic rings. The van der Waals surface area contributed by atoms with Gasteiger partial charge in [-0.05, 0) is 18.2 Å². The van der Waals surface area contributed by atoms with Crippen molar-refractivity contribution < 1.29 is 9.53 Å². The van der Waals surface area contributed by atoms with Crippen molar-refractivity contribution in [2.45, 2.75) is 0 Å². The van der Waals surface area contributed by atoms with Crippen LogP contribution in [-0.4, -0.2) is 63.6 Å². The molecule has 10 nitrogen and oxygen atoms in total. The number of piperazine rings is 1. The van der Waals surface area contributed by atoms with Gasteiger partial charge >= 0.3 is 6.01 Å². The van der Waals surface area contributed by atoms with Crippen LogP contribution in [0.25, 0.3) is 0 Å². The minimum Gasteiger partial charge on any atom is -0.453 e. The Hall–Kier alpha value is -3.82. The van der Waals surface area contributed by atoms with E-state index in [-0.39, 0.29) is 18.5 Å². The highest BCUT2D eigenvalue weighted by atomic mass is 16.5. The number of rotatable bonds is 6. The number of hydrogen-bond acceptors (Lipinski definition) is 9. The lowest BCUT2D eigenvalue weighted by molar-refractivity contribution is -0.118. The average Bonchev–Trinajstić information content (AvgIpc) is 2.80. The molecule has 0 radical (unpaired) electrons. The fraction of sp³-hybridized carbons (Fsp3) is 0.263. The monoisotopic (exact) mass is 392 g/mol. The normalized spacial score (nSPS) is 13.8. The molecule has 29 heavy (non-hydrogen) atoms. The smallest absolute Gasteiger partial charge is 0.316 e. The second-order valence-corrected chi connectivity index (χ2v) is 6.30. The molecule has 1 aliphatic heterocycles. The minimum atomic E-state index is -0.335. The molecule has 0 unspecified atom stereocenters. The Morgan fingerprint density at radius 1 is 0.897 bits per heavy atom. The lowest BCUT2D eigenvalue weighted by Crippen LogP contribution is -2.47. The molecule has 0 aliphatic carbocycles. The summed E-state index contributed by atoms with van der Waals surface area (Å²) in [4.78, 5) is 37.2. The van der Waals surface area contributed by atoms with Crippen molar-refractivity contribution in [2.75, 3.05) is 47.9 Å². The van der Waals surface area contributed by atoms with Crippen LogP contribution in [0.2, 0.25) is 0 Å². The Kier molecular flexibility index (Phi) is 5.70. The third-order valence-corrected chi connectivity index (χ3v) is 4.33. The predicted molar refractivity (Wildman–Crippen MR) is 107 cm³/mol. The van der Waals surface area contributed by atoms with Gasteiger partial charge in [0.2, 0.25) is 5.95 Å². The Bertz CT molecular complexity index is 916. The highest BCUT2D eigenvalue weighted by Crippen LogP contribution is 2.16. The first kappa shape index (κ1) is 18.5. The fourth-order valence-corrected chi connectivity index (χ4v) is 2.91. The number of carbonyl (C=O) groups excluding carboxylic acids is 1. The lowest BCUT2D eigenvalue weighted by atomic mass is 10.3. The SMILES string of the molecule is O=C(COc1ncccn1)Nc1cnc(N2CCN(c3ccccn3)CC2)nc1. The molecule has 1 N–H and O–H groups in total. The van der Waals surface area contributed by atoms with E-state index in [4.69, 9.17) is 4.74 Å². The van der Waals surface area contributed by atoms with Gasteiger partial charge in [-0.15, -0.1) is 0 Å². The summed E-state index contributed by atoms with van der Waals surface area (Å²) < 4.78 is 5.21. The summed E-state index contributed by atoms with van der Waals surface area (Å²) in [6.45, 7) is 3.09. The summed E-state index contributed by atoms with van der Waals surface area (Å²) >= 11 is 0. The Morgan fingerprint density at radius 3 is 2.28 bits per heavy atom. The second-order valence-electron chi connectivity index (χ2n) is 6.30. The van der Waals surface area contributed by atoms with Gasteiger partial charge in [0.05, 0.1) is 18.1 Å². The van der Waals surface area contributed by atoms with Gasteiger partial charge in [0.15, 0.2) is 6.61 Å². The molecule has 0 aromatic carbocycles. The van der Waals surface area contributed by atoms with Crippen LogP contribution in [0.5, 0.6) is 6.01 Å². The van der Waals surface area contributed by atoms with Gasteiger partial charge in [0, 0.05) is 44.8 Å². The summed E-state index contributed by atoms with van der Waals surface area (Å²) in [5.74, 6) is 1.28. The van der Waals surface area contributed by atoms with E-state index in [0.29, 0.717) is 11.6 Å². The maximum absolute atomic E-state index is 12.0. The fourth-order valence-electron chi connectivity index (χ4n) is 2.91. The first-order valence-corrected chi connectivity index (χ1v) is 9.20. The van der Waals surface area contributed by atoms with E-state index in [9.17, 15) is 4.79 Å². The molecule has 0 saturated carbocycles. The number of pyridine rings is 1. The lowest BCUT2D eigenvalue weighted by Gasteiger charge is -2.35. The molecule has 0 spiro atoms. The number of nitrogens with one attached hydrogen (secondary N) is 1. The summed E-state index contributed by atoms with van der Waals surface area (Å²) in [5, 5.41) is 2.69. The van der Waals surface area contributed by atoms with Crippen LogP contribution >= 0.6 is 0 Å². The molecule has 0 bridgehead atoms. The van der Waals surface area contributed by atoms with Crippen molar-refractivity contribution in [3.63, 3.8) is 0 Å². The number of nitrogens with zero attached hydrogens (tertiary/aromatic N) is 7. The van der Waals surface area contributed by atoms with Crippen molar-refractivity contribution in [1.29, 1.82) is 0 Å². The Labute approximate surface area is 167 Å². The first-order chi connectivity index (χ1) is 14.3. The third kappa shape index (κ3) is 4.92. The van der Waals surface area contributed by atoms with Crippen LogP contribution in [0.4, 0.5) is 17.5 Å². The van der Waals surface area contributed by atoms with Crippen molar-refractivity contribution in [3.8, 4) is 6.01 Å². The molecule has 1 aliphatic rings. The van der Waals surface area contributed by atoms with Crippen LogP contribution < -0.4 is 19.9 Å². The number of amides is 1. The molecule has 3 aromatic heterocycles. The average molecular weight is 392 g/mol. The molecular formula is C19H20N8O2. The molecule has 4 rings (SSSR count). The minimum absolute atomic E-state index is 0.152. The molecule has 1 amide bonds. The maximum atomic E-state index is 12.0. The van der Waals surface area contributed by atoms with Crippen LogP contribution in [0.1, 0.15) is 0 Å². The summed E-state index contributed by atoms with van der Waals surface area (Å²) in [7, 11) is 0. The second kappa shape index (κ2) is 8.91. The first-order valence-electron chi connectivity index (χ1n) is 9.20. The van der Waals surface area contributed by atoms with Crippen LogP contribution in [0.3, 0.4) is 0 Å². The van der Waals surface area contributed by atoms with Crippen molar-refractivity contribution in [3.05, 3.63) is 55.2 Å². The van der Waals surface area contributed by atoms with Gasteiger partial charge in [-0.1, -0.05) is 6.07 Å². The van der Waals surface area contributed by atoms with E-state index in [0.717, 1.165) is 32.0 Å². The Morgan fingerprint density at radius 2 is 1.59 bits per heavy atom. The Balaban J connectivity index is 1.26. The van der Waals surface area contributed by atoms with Gasteiger partial charge in [-0.3, -0.25) is 4.79 Å². The van der Waals surface area contributed by atoms with Gasteiger partial charge in [0.25, 0.3) is 5.91 Å². The topological polar surface area (TPSA) is 109 Å². The molecule has 1 saturated heterocycles. The zero-order valence-corrected chi connectivity index (χ0v) is 15.7. The predicted octanol–water partition coefficient (Wildman–Crippen LogP) is 1.01. The highest BCUT2D eigenvalue weighted by Gasteiger charge is 2.19. The quantitative estimate of drug-likeness (QED) is 0.657. The van der Waals surface area contributed by atoms with Gasteiger partial charge in [0.1, 0.15) is 5.82 Å². The van der Waals surface area contributed by atoms with Crippen molar-refractivity contribution >= 4 is 23.4 Å². The van der Waals surface area contributed by atoms with Crippen LogP contribution in [0.15, 0.2) is 55.2 Å². The summed E-state index contributed by atoms with van der Waals surface area (Å²) in [6, 6.07) is 7.74. The van der Waals surface area contributed by atoms with Crippen molar-refractivity contribution in [2.24, 2.45) is 0 Å². The van der Waals surface area contributed by atoms with E-state index in [1.807, 2.05) is 18.2 Å². The largest absolute Gasteiger partial charge is 0.453 e. The number of anilines is 3. The van der Waals surface area contributed by atoms with Gasteiger partial charge < -0.3 is 19.9 Å². The number of hydrogen-bond donors (Lipinski definition) is 1. The van der Waals surface area contributed by atoms with Crippen LogP contribution in [-0.2, 0) is 4.79 Å². The molecule has 0 atom stereocenters. The zero-order valence-electron chi connectivity index (χ0n) is 15.7. The summed E-state index contributed by atoms with van der Waals surface area (Å²) in [5.41, 5.74) is 0.503. The van der Waals surface area contributed by atoms with E-state index in [2.05, 4.69) is 40.0 Å².